The van der Waals surface area contributed by atoms with Crippen molar-refractivity contribution in [1.29, 1.82) is 0 Å². The van der Waals surface area contributed by atoms with Crippen molar-refractivity contribution >= 4 is 27.3 Å². The molecule has 1 aromatic rings. The van der Waals surface area contributed by atoms with E-state index >= 15 is 0 Å². The van der Waals surface area contributed by atoms with Gasteiger partial charge in [-0.25, -0.2) is 13.1 Å². The molecule has 0 aliphatic heterocycles. The van der Waals surface area contributed by atoms with Crippen LogP contribution in [-0.4, -0.2) is 14.0 Å². The van der Waals surface area contributed by atoms with Crippen LogP contribution in [0.5, 0.6) is 0 Å². The van der Waals surface area contributed by atoms with Crippen molar-refractivity contribution in [3.05, 3.63) is 23.2 Å². The summed E-state index contributed by atoms with van der Waals surface area (Å²) in [6.45, 7) is 3.81. The number of nitrogen functional groups attached to an aromatic ring is 1. The number of rotatable bonds is 4. The van der Waals surface area contributed by atoms with E-state index in [0.29, 0.717) is 11.6 Å². The van der Waals surface area contributed by atoms with Crippen LogP contribution in [0.2, 0.25) is 5.02 Å². The molecule has 0 unspecified atom stereocenters. The highest BCUT2D eigenvalue weighted by molar-refractivity contribution is 7.89. The van der Waals surface area contributed by atoms with E-state index in [9.17, 15) is 8.42 Å². The average Bonchev–Trinajstić information content (AvgIpc) is 3.03. The molecule has 0 amide bonds. The lowest BCUT2D eigenvalue weighted by atomic mass is 10.0. The molecule has 1 aliphatic carbocycles. The lowest BCUT2D eigenvalue weighted by Crippen LogP contribution is -2.45. The van der Waals surface area contributed by atoms with E-state index < -0.39 is 15.6 Å². The minimum absolute atomic E-state index is 0.149. The maximum Gasteiger partial charge on any atom is 0.241 e. The van der Waals surface area contributed by atoms with E-state index in [0.717, 1.165) is 12.8 Å². The highest BCUT2D eigenvalue weighted by Crippen LogP contribution is 2.40. The lowest BCUT2D eigenvalue weighted by molar-refractivity contribution is 0.400. The average molecular weight is 289 g/mol. The maximum absolute atomic E-state index is 12.2. The molecule has 1 aromatic carbocycles. The van der Waals surface area contributed by atoms with Crippen LogP contribution >= 0.6 is 11.6 Å². The van der Waals surface area contributed by atoms with E-state index in [1.165, 1.54) is 18.2 Å². The Labute approximate surface area is 113 Å². The van der Waals surface area contributed by atoms with Gasteiger partial charge in [0.15, 0.2) is 0 Å². The van der Waals surface area contributed by atoms with Gasteiger partial charge in [-0.3, -0.25) is 0 Å². The van der Waals surface area contributed by atoms with Crippen LogP contribution in [-0.2, 0) is 10.0 Å². The lowest BCUT2D eigenvalue weighted by Gasteiger charge is -2.25. The second kappa shape index (κ2) is 4.40. The standard InChI is InChI=1S/C12H17ClN2O2S/c1-12(2,8-3-4-8)15-18(16,17)9-5-6-11(14)10(13)7-9/h5-8,15H,3-4,14H2,1-2H3. The molecule has 3 N–H and O–H groups in total. The first-order valence-corrected chi connectivity index (χ1v) is 7.67. The predicted molar refractivity (Wildman–Crippen MR) is 73.0 cm³/mol. The molecule has 0 spiro atoms. The van der Waals surface area contributed by atoms with Gasteiger partial charge < -0.3 is 5.73 Å². The fourth-order valence-electron chi connectivity index (χ4n) is 1.97. The topological polar surface area (TPSA) is 72.2 Å². The molecule has 0 heterocycles. The highest BCUT2D eigenvalue weighted by Gasteiger charge is 2.40. The molecule has 0 radical (unpaired) electrons. The summed E-state index contributed by atoms with van der Waals surface area (Å²) < 4.78 is 27.2. The summed E-state index contributed by atoms with van der Waals surface area (Å²) in [5.74, 6) is 0.413. The minimum atomic E-state index is -3.55. The van der Waals surface area contributed by atoms with Crippen molar-refractivity contribution < 1.29 is 8.42 Å². The van der Waals surface area contributed by atoms with Crippen LogP contribution in [0.1, 0.15) is 26.7 Å². The van der Waals surface area contributed by atoms with Crippen LogP contribution in [0, 0.1) is 5.92 Å². The Balaban J connectivity index is 2.27. The first-order chi connectivity index (χ1) is 8.22. The van der Waals surface area contributed by atoms with Crippen molar-refractivity contribution in [2.24, 2.45) is 5.92 Å². The number of hydrogen-bond acceptors (Lipinski definition) is 3. The summed E-state index contributed by atoms with van der Waals surface area (Å²) in [7, 11) is -3.55. The van der Waals surface area contributed by atoms with Gasteiger partial charge in [0, 0.05) is 5.54 Å². The molecule has 0 aromatic heterocycles. The van der Waals surface area contributed by atoms with Gasteiger partial charge in [-0.2, -0.15) is 0 Å². The minimum Gasteiger partial charge on any atom is -0.398 e. The summed E-state index contributed by atoms with van der Waals surface area (Å²) in [5.41, 5.74) is 5.52. The summed E-state index contributed by atoms with van der Waals surface area (Å²) in [6.07, 6.45) is 2.13. The van der Waals surface area contributed by atoms with Gasteiger partial charge in [-0.1, -0.05) is 11.6 Å². The number of sulfonamides is 1. The predicted octanol–water partition coefficient (Wildman–Crippen LogP) is 2.39. The van der Waals surface area contributed by atoms with E-state index in [2.05, 4.69) is 4.72 Å². The summed E-state index contributed by atoms with van der Waals surface area (Å²) in [6, 6.07) is 4.34. The van der Waals surface area contributed by atoms with Gasteiger partial charge in [-0.15, -0.1) is 0 Å². The molecule has 0 atom stereocenters. The van der Waals surface area contributed by atoms with Gasteiger partial charge in [-0.05, 0) is 50.8 Å². The third-order valence-electron chi connectivity index (χ3n) is 3.28. The summed E-state index contributed by atoms with van der Waals surface area (Å²) in [4.78, 5) is 0.149. The van der Waals surface area contributed by atoms with Gasteiger partial charge >= 0.3 is 0 Å². The second-order valence-electron chi connectivity index (χ2n) is 5.28. The van der Waals surface area contributed by atoms with Crippen LogP contribution in [0.4, 0.5) is 5.69 Å². The molecule has 2 rings (SSSR count). The Hall–Kier alpha value is -0.780. The quantitative estimate of drug-likeness (QED) is 0.836. The first-order valence-electron chi connectivity index (χ1n) is 5.81. The normalized spacial score (nSPS) is 16.8. The van der Waals surface area contributed by atoms with Gasteiger partial charge in [0.25, 0.3) is 0 Å². The van der Waals surface area contributed by atoms with Crippen molar-refractivity contribution in [2.75, 3.05) is 5.73 Å². The van der Waals surface area contributed by atoms with Gasteiger partial charge in [0.2, 0.25) is 10.0 Å². The van der Waals surface area contributed by atoms with E-state index in [4.69, 9.17) is 17.3 Å². The number of nitrogens with one attached hydrogen (secondary N) is 1. The Kier molecular flexibility index (Phi) is 3.34. The van der Waals surface area contributed by atoms with Crippen LogP contribution in [0.25, 0.3) is 0 Å². The number of halogens is 1. The van der Waals surface area contributed by atoms with Crippen molar-refractivity contribution in [2.45, 2.75) is 37.1 Å². The number of nitrogens with two attached hydrogens (primary N) is 1. The van der Waals surface area contributed by atoms with Crippen molar-refractivity contribution in [3.63, 3.8) is 0 Å². The van der Waals surface area contributed by atoms with Crippen molar-refractivity contribution in [1.82, 2.24) is 4.72 Å². The van der Waals surface area contributed by atoms with Gasteiger partial charge in [0.05, 0.1) is 15.6 Å². The number of benzene rings is 1. The highest BCUT2D eigenvalue weighted by atomic mass is 35.5. The number of anilines is 1. The molecule has 6 heteroatoms. The van der Waals surface area contributed by atoms with Gasteiger partial charge in [0.1, 0.15) is 0 Å². The molecule has 100 valence electrons. The zero-order valence-corrected chi connectivity index (χ0v) is 12.0. The molecule has 1 aliphatic rings. The molecule has 4 nitrogen and oxygen atoms in total. The molecule has 0 bridgehead atoms. The van der Waals surface area contributed by atoms with Crippen molar-refractivity contribution in [3.8, 4) is 0 Å². The SMILES string of the molecule is CC(C)(NS(=O)(=O)c1ccc(N)c(Cl)c1)C1CC1. The van der Waals surface area contributed by atoms with E-state index in [1.54, 1.807) is 0 Å². The Morgan fingerprint density at radius 1 is 1.39 bits per heavy atom. The Bertz CT molecular complexity index is 565. The fraction of sp³-hybridized carbons (Fsp3) is 0.500. The smallest absolute Gasteiger partial charge is 0.241 e. The van der Waals surface area contributed by atoms with Crippen LogP contribution in [0.3, 0.4) is 0 Å². The Morgan fingerprint density at radius 2 is 2.00 bits per heavy atom. The third kappa shape index (κ3) is 2.79. The van der Waals surface area contributed by atoms with Crippen LogP contribution in [0.15, 0.2) is 23.1 Å². The monoisotopic (exact) mass is 288 g/mol. The first kappa shape index (κ1) is 13.6. The van der Waals surface area contributed by atoms with E-state index in [-0.39, 0.29) is 9.92 Å². The van der Waals surface area contributed by atoms with Crippen LogP contribution < -0.4 is 10.5 Å². The molecule has 1 saturated carbocycles. The largest absolute Gasteiger partial charge is 0.398 e. The maximum atomic E-state index is 12.2. The molecular formula is C12H17ClN2O2S. The summed E-state index contributed by atoms with van der Waals surface area (Å²) in [5, 5.41) is 0.252. The van der Waals surface area contributed by atoms with E-state index in [1.807, 2.05) is 13.8 Å². The third-order valence-corrected chi connectivity index (χ3v) is 5.27. The zero-order chi connectivity index (χ0) is 13.6. The Morgan fingerprint density at radius 3 is 2.50 bits per heavy atom. The number of hydrogen-bond donors (Lipinski definition) is 2. The molecule has 0 saturated heterocycles. The second-order valence-corrected chi connectivity index (χ2v) is 7.37. The zero-order valence-electron chi connectivity index (χ0n) is 10.4. The fourth-order valence-corrected chi connectivity index (χ4v) is 3.71. The molecular weight excluding hydrogens is 272 g/mol. The summed E-state index contributed by atoms with van der Waals surface area (Å²) >= 11 is 5.85. The molecule has 18 heavy (non-hydrogen) atoms. The molecule has 1 fully saturated rings.